The Bertz CT molecular complexity index is 330. The van der Waals surface area contributed by atoms with Crippen molar-refractivity contribution in [1.29, 1.82) is 0 Å². The Hall–Kier alpha value is -1.64. The first kappa shape index (κ1) is 10.4. The van der Waals surface area contributed by atoms with Crippen molar-refractivity contribution in [3.05, 3.63) is 35.9 Å². The molecule has 1 aromatic carbocycles. The van der Waals surface area contributed by atoms with Crippen molar-refractivity contribution in [2.75, 3.05) is 0 Å². The Morgan fingerprint density at radius 1 is 1.29 bits per heavy atom. The van der Waals surface area contributed by atoms with Gasteiger partial charge in [-0.2, -0.15) is 0 Å². The predicted molar refractivity (Wildman–Crippen MR) is 52.1 cm³/mol. The summed E-state index contributed by atoms with van der Waals surface area (Å²) in [7, 11) is 0. The van der Waals surface area contributed by atoms with Crippen LogP contribution in [-0.4, -0.2) is 16.9 Å². The van der Waals surface area contributed by atoms with Crippen LogP contribution in [0.4, 0.5) is 0 Å². The van der Waals surface area contributed by atoms with E-state index in [2.05, 4.69) is 0 Å². The molecule has 0 bridgehead atoms. The molecule has 1 N–H and O–H groups in total. The second-order valence-electron chi connectivity index (χ2n) is 3.21. The molecular formula is C11H12O3. The molecule has 0 aliphatic rings. The largest absolute Gasteiger partial charge is 0.481 e. The van der Waals surface area contributed by atoms with Crippen molar-refractivity contribution in [2.24, 2.45) is 0 Å². The molecule has 0 aromatic heterocycles. The quantitative estimate of drug-likeness (QED) is 0.791. The fourth-order valence-corrected chi connectivity index (χ4v) is 1.32. The maximum Gasteiger partial charge on any atom is 0.311 e. The third kappa shape index (κ3) is 2.69. The highest BCUT2D eigenvalue weighted by molar-refractivity contribution is 5.85. The van der Waals surface area contributed by atoms with Gasteiger partial charge < -0.3 is 5.11 Å². The summed E-state index contributed by atoms with van der Waals surface area (Å²) in [6.07, 6.45) is 0.0549. The molecule has 1 atom stereocenters. The molecule has 0 saturated heterocycles. The summed E-state index contributed by atoms with van der Waals surface area (Å²) in [5.74, 6) is -1.78. The second-order valence-corrected chi connectivity index (χ2v) is 3.21. The molecule has 0 heterocycles. The minimum atomic E-state index is -0.952. The van der Waals surface area contributed by atoms with Crippen LogP contribution < -0.4 is 0 Å². The number of carboxylic acids is 1. The first-order valence-corrected chi connectivity index (χ1v) is 4.38. The van der Waals surface area contributed by atoms with E-state index in [1.165, 1.54) is 6.92 Å². The van der Waals surface area contributed by atoms with Crippen molar-refractivity contribution in [2.45, 2.75) is 19.3 Å². The fraction of sp³-hybridized carbons (Fsp3) is 0.273. The van der Waals surface area contributed by atoms with Crippen LogP contribution >= 0.6 is 0 Å². The number of Topliss-reactive ketones (excluding diaryl/α,β-unsaturated/α-hetero) is 1. The monoisotopic (exact) mass is 192 g/mol. The number of hydrogen-bond acceptors (Lipinski definition) is 2. The molecule has 0 spiro atoms. The zero-order valence-corrected chi connectivity index (χ0v) is 7.93. The number of hydrogen-bond donors (Lipinski definition) is 1. The van der Waals surface area contributed by atoms with Gasteiger partial charge in [0.1, 0.15) is 5.78 Å². The minimum Gasteiger partial charge on any atom is -0.481 e. The maximum absolute atomic E-state index is 10.9. The molecule has 1 unspecified atom stereocenters. The highest BCUT2D eigenvalue weighted by Gasteiger charge is 2.20. The average molecular weight is 192 g/mol. The van der Waals surface area contributed by atoms with Gasteiger partial charge in [0.15, 0.2) is 0 Å². The summed E-state index contributed by atoms with van der Waals surface area (Å²) in [6.45, 7) is 1.40. The number of ketones is 1. The van der Waals surface area contributed by atoms with Crippen molar-refractivity contribution in [1.82, 2.24) is 0 Å². The summed E-state index contributed by atoms with van der Waals surface area (Å²) in [4.78, 5) is 21.8. The standard InChI is InChI=1S/C11H12O3/c1-8(12)7-10(11(13)14)9-5-3-2-4-6-9/h2-6,10H,7H2,1H3,(H,13,14). The van der Waals surface area contributed by atoms with Crippen LogP contribution in [0, 0.1) is 0 Å². The third-order valence-corrected chi connectivity index (χ3v) is 1.99. The summed E-state index contributed by atoms with van der Waals surface area (Å²) < 4.78 is 0. The van der Waals surface area contributed by atoms with Crippen molar-refractivity contribution in [3.8, 4) is 0 Å². The highest BCUT2D eigenvalue weighted by Crippen LogP contribution is 2.19. The van der Waals surface area contributed by atoms with Gasteiger partial charge in [0, 0.05) is 6.42 Å². The number of carbonyl (C=O) groups is 2. The first-order valence-electron chi connectivity index (χ1n) is 4.38. The first-order chi connectivity index (χ1) is 6.61. The number of rotatable bonds is 4. The van der Waals surface area contributed by atoms with Crippen LogP contribution in [-0.2, 0) is 9.59 Å². The van der Waals surface area contributed by atoms with E-state index in [-0.39, 0.29) is 12.2 Å². The maximum atomic E-state index is 10.9. The van der Waals surface area contributed by atoms with E-state index in [9.17, 15) is 9.59 Å². The molecule has 1 aromatic rings. The van der Waals surface area contributed by atoms with Crippen LogP contribution in [0.1, 0.15) is 24.8 Å². The number of carboxylic acid groups (broad SMARTS) is 1. The summed E-state index contributed by atoms with van der Waals surface area (Å²) in [5, 5.41) is 8.92. The van der Waals surface area contributed by atoms with Gasteiger partial charge in [-0.3, -0.25) is 9.59 Å². The molecule has 0 amide bonds. The van der Waals surface area contributed by atoms with Crippen LogP contribution in [0.25, 0.3) is 0 Å². The van der Waals surface area contributed by atoms with Crippen LogP contribution in [0.2, 0.25) is 0 Å². The number of benzene rings is 1. The molecular weight excluding hydrogens is 180 g/mol. The van der Waals surface area contributed by atoms with Crippen LogP contribution in [0.15, 0.2) is 30.3 Å². The van der Waals surface area contributed by atoms with Gasteiger partial charge in [0.2, 0.25) is 0 Å². The van der Waals surface area contributed by atoms with Gasteiger partial charge in [0.05, 0.1) is 5.92 Å². The zero-order chi connectivity index (χ0) is 10.6. The Morgan fingerprint density at radius 2 is 1.86 bits per heavy atom. The summed E-state index contributed by atoms with van der Waals surface area (Å²) in [5.41, 5.74) is 0.676. The van der Waals surface area contributed by atoms with Gasteiger partial charge in [-0.1, -0.05) is 30.3 Å². The smallest absolute Gasteiger partial charge is 0.311 e. The topological polar surface area (TPSA) is 54.4 Å². The fourth-order valence-electron chi connectivity index (χ4n) is 1.32. The lowest BCUT2D eigenvalue weighted by Gasteiger charge is -2.09. The molecule has 74 valence electrons. The van der Waals surface area contributed by atoms with Crippen molar-refractivity contribution < 1.29 is 14.7 Å². The van der Waals surface area contributed by atoms with E-state index in [4.69, 9.17) is 5.11 Å². The van der Waals surface area contributed by atoms with Gasteiger partial charge in [-0.05, 0) is 12.5 Å². The van der Waals surface area contributed by atoms with Crippen LogP contribution in [0.3, 0.4) is 0 Å². The second kappa shape index (κ2) is 4.56. The Morgan fingerprint density at radius 3 is 2.29 bits per heavy atom. The van der Waals surface area contributed by atoms with E-state index >= 15 is 0 Å². The Balaban J connectivity index is 2.89. The number of carbonyl (C=O) groups excluding carboxylic acids is 1. The normalized spacial score (nSPS) is 12.1. The molecule has 0 saturated carbocycles. The molecule has 3 heteroatoms. The Kier molecular flexibility index (Phi) is 3.40. The minimum absolute atomic E-state index is 0.0549. The van der Waals surface area contributed by atoms with Gasteiger partial charge in [-0.15, -0.1) is 0 Å². The van der Waals surface area contributed by atoms with E-state index < -0.39 is 11.9 Å². The van der Waals surface area contributed by atoms with Gasteiger partial charge >= 0.3 is 5.97 Å². The average Bonchev–Trinajstić information content (AvgIpc) is 2.15. The summed E-state index contributed by atoms with van der Waals surface area (Å²) in [6, 6.07) is 8.80. The van der Waals surface area contributed by atoms with Crippen molar-refractivity contribution in [3.63, 3.8) is 0 Å². The van der Waals surface area contributed by atoms with E-state index in [1.54, 1.807) is 24.3 Å². The molecule has 3 nitrogen and oxygen atoms in total. The molecule has 1 rings (SSSR count). The molecule has 0 radical (unpaired) electrons. The molecule has 0 aliphatic carbocycles. The SMILES string of the molecule is CC(=O)CC(C(=O)O)c1ccccc1. The van der Waals surface area contributed by atoms with Gasteiger partial charge in [-0.25, -0.2) is 0 Å². The Labute approximate surface area is 82.4 Å². The third-order valence-electron chi connectivity index (χ3n) is 1.99. The number of aliphatic carboxylic acids is 1. The summed E-state index contributed by atoms with van der Waals surface area (Å²) >= 11 is 0. The van der Waals surface area contributed by atoms with Crippen LogP contribution in [0.5, 0.6) is 0 Å². The molecule has 0 fully saturated rings. The lowest BCUT2D eigenvalue weighted by Crippen LogP contribution is -2.14. The lowest BCUT2D eigenvalue weighted by molar-refractivity contribution is -0.140. The molecule has 0 aliphatic heterocycles. The lowest BCUT2D eigenvalue weighted by atomic mass is 9.94. The van der Waals surface area contributed by atoms with E-state index in [1.807, 2.05) is 6.07 Å². The predicted octanol–water partition coefficient (Wildman–Crippen LogP) is 1.83. The zero-order valence-electron chi connectivity index (χ0n) is 7.93. The van der Waals surface area contributed by atoms with E-state index in [0.717, 1.165) is 0 Å². The molecule has 14 heavy (non-hydrogen) atoms. The highest BCUT2D eigenvalue weighted by atomic mass is 16.4. The van der Waals surface area contributed by atoms with E-state index in [0.29, 0.717) is 5.56 Å². The van der Waals surface area contributed by atoms with Gasteiger partial charge in [0.25, 0.3) is 0 Å². The van der Waals surface area contributed by atoms with Crippen molar-refractivity contribution >= 4 is 11.8 Å².